The first-order valence-corrected chi connectivity index (χ1v) is 9.58. The van der Waals surface area contributed by atoms with Crippen LogP contribution in [0.3, 0.4) is 0 Å². The number of likely N-dealkylation sites (tertiary alicyclic amines) is 1. The SMILES string of the molecule is CC(=O)c1ccc(N2CCC3(CC2)CC(=O)N(Cc2ccccc2)C3)nc1. The van der Waals surface area contributed by atoms with Crippen LogP contribution in [0.1, 0.15) is 42.1 Å². The number of pyridine rings is 1. The molecule has 2 saturated heterocycles. The number of rotatable bonds is 4. The van der Waals surface area contributed by atoms with Crippen molar-refractivity contribution in [3.05, 3.63) is 59.8 Å². The number of carbonyl (C=O) groups excluding carboxylic acids is 2. The van der Waals surface area contributed by atoms with Gasteiger partial charge in [0.25, 0.3) is 0 Å². The number of carbonyl (C=O) groups is 2. The lowest BCUT2D eigenvalue weighted by molar-refractivity contribution is -0.128. The maximum atomic E-state index is 12.6. The van der Waals surface area contributed by atoms with Gasteiger partial charge in [0.05, 0.1) is 0 Å². The van der Waals surface area contributed by atoms with Crippen LogP contribution in [0, 0.1) is 5.41 Å². The maximum absolute atomic E-state index is 12.6. The zero-order valence-corrected chi connectivity index (χ0v) is 15.7. The van der Waals surface area contributed by atoms with Crippen LogP contribution in [-0.4, -0.2) is 41.2 Å². The number of hydrogen-bond donors (Lipinski definition) is 0. The molecule has 2 fully saturated rings. The fourth-order valence-corrected chi connectivity index (χ4v) is 4.26. The summed E-state index contributed by atoms with van der Waals surface area (Å²) in [7, 11) is 0. The molecule has 1 spiro atoms. The third-order valence-corrected chi connectivity index (χ3v) is 5.92. The normalized spacial score (nSPS) is 18.9. The number of piperidine rings is 1. The number of anilines is 1. The van der Waals surface area contributed by atoms with E-state index in [0.717, 1.165) is 38.3 Å². The molecule has 27 heavy (non-hydrogen) atoms. The Balaban J connectivity index is 1.38. The lowest BCUT2D eigenvalue weighted by Crippen LogP contribution is -2.41. The second kappa shape index (κ2) is 7.14. The lowest BCUT2D eigenvalue weighted by Gasteiger charge is -2.39. The summed E-state index contributed by atoms with van der Waals surface area (Å²) in [6.45, 7) is 4.92. The van der Waals surface area contributed by atoms with Crippen LogP contribution in [-0.2, 0) is 11.3 Å². The van der Waals surface area contributed by atoms with Gasteiger partial charge in [0.2, 0.25) is 5.91 Å². The Morgan fingerprint density at radius 1 is 1.11 bits per heavy atom. The lowest BCUT2D eigenvalue weighted by atomic mass is 9.77. The van der Waals surface area contributed by atoms with E-state index in [1.165, 1.54) is 5.56 Å². The van der Waals surface area contributed by atoms with Gasteiger partial charge in [-0.3, -0.25) is 9.59 Å². The molecule has 0 atom stereocenters. The predicted molar refractivity (Wildman–Crippen MR) is 105 cm³/mol. The number of Topliss-reactive ketones (excluding diaryl/α,β-unsaturated/α-hetero) is 1. The average molecular weight is 363 g/mol. The molecular weight excluding hydrogens is 338 g/mol. The van der Waals surface area contributed by atoms with E-state index in [0.29, 0.717) is 18.5 Å². The Kier molecular flexibility index (Phi) is 4.68. The third kappa shape index (κ3) is 3.72. The molecule has 0 aliphatic carbocycles. The molecule has 2 aliphatic rings. The zero-order chi connectivity index (χ0) is 18.9. The van der Waals surface area contributed by atoms with Crippen molar-refractivity contribution >= 4 is 17.5 Å². The standard InChI is InChI=1S/C22H25N3O2/c1-17(26)19-7-8-20(23-14-19)24-11-9-22(10-12-24)13-21(27)25(16-22)15-18-5-3-2-4-6-18/h2-8,14H,9-13,15-16H2,1H3. The molecule has 0 N–H and O–H groups in total. The van der Waals surface area contributed by atoms with Crippen molar-refractivity contribution in [2.24, 2.45) is 5.41 Å². The largest absolute Gasteiger partial charge is 0.357 e. The van der Waals surface area contributed by atoms with Crippen molar-refractivity contribution in [3.8, 4) is 0 Å². The van der Waals surface area contributed by atoms with Crippen LogP contribution in [0.5, 0.6) is 0 Å². The summed E-state index contributed by atoms with van der Waals surface area (Å²) in [5, 5.41) is 0. The van der Waals surface area contributed by atoms with E-state index in [1.54, 1.807) is 13.1 Å². The van der Waals surface area contributed by atoms with Gasteiger partial charge in [-0.1, -0.05) is 30.3 Å². The molecule has 0 unspecified atom stereocenters. The number of ketones is 1. The predicted octanol–water partition coefficient (Wildman–Crippen LogP) is 3.30. The number of benzene rings is 1. The molecule has 2 aromatic rings. The second-order valence-corrected chi connectivity index (χ2v) is 7.86. The summed E-state index contributed by atoms with van der Waals surface area (Å²) in [6, 6.07) is 14.0. The summed E-state index contributed by atoms with van der Waals surface area (Å²) in [5.74, 6) is 1.23. The smallest absolute Gasteiger partial charge is 0.223 e. The number of hydrogen-bond acceptors (Lipinski definition) is 4. The highest BCUT2D eigenvalue weighted by Gasteiger charge is 2.44. The van der Waals surface area contributed by atoms with Gasteiger partial charge in [-0.05, 0) is 37.5 Å². The highest BCUT2D eigenvalue weighted by atomic mass is 16.2. The summed E-state index contributed by atoms with van der Waals surface area (Å²) in [5.41, 5.74) is 1.93. The van der Waals surface area contributed by atoms with Gasteiger partial charge in [-0.25, -0.2) is 4.98 Å². The van der Waals surface area contributed by atoms with Crippen LogP contribution < -0.4 is 4.90 Å². The van der Waals surface area contributed by atoms with Gasteiger partial charge < -0.3 is 9.80 Å². The van der Waals surface area contributed by atoms with Crippen LogP contribution in [0.4, 0.5) is 5.82 Å². The highest BCUT2D eigenvalue weighted by Crippen LogP contribution is 2.42. The Morgan fingerprint density at radius 2 is 1.85 bits per heavy atom. The van der Waals surface area contributed by atoms with E-state index in [4.69, 9.17) is 0 Å². The molecule has 0 saturated carbocycles. The molecule has 5 nitrogen and oxygen atoms in total. The van der Waals surface area contributed by atoms with Gasteiger partial charge in [-0.2, -0.15) is 0 Å². The van der Waals surface area contributed by atoms with E-state index < -0.39 is 0 Å². The van der Waals surface area contributed by atoms with Crippen molar-refractivity contribution in [2.75, 3.05) is 24.5 Å². The highest BCUT2D eigenvalue weighted by molar-refractivity contribution is 5.93. The topological polar surface area (TPSA) is 53.5 Å². The summed E-state index contributed by atoms with van der Waals surface area (Å²) < 4.78 is 0. The number of amides is 1. The number of aromatic nitrogens is 1. The molecule has 0 bridgehead atoms. The van der Waals surface area contributed by atoms with Gasteiger partial charge >= 0.3 is 0 Å². The maximum Gasteiger partial charge on any atom is 0.223 e. The van der Waals surface area contributed by atoms with Crippen LogP contribution >= 0.6 is 0 Å². The molecule has 0 radical (unpaired) electrons. The molecule has 5 heteroatoms. The number of nitrogens with zero attached hydrogens (tertiary/aromatic N) is 3. The Bertz CT molecular complexity index is 824. The fraction of sp³-hybridized carbons (Fsp3) is 0.409. The van der Waals surface area contributed by atoms with Gasteiger partial charge in [0.1, 0.15) is 5.82 Å². The van der Waals surface area contributed by atoms with Gasteiger partial charge in [0, 0.05) is 49.8 Å². The van der Waals surface area contributed by atoms with E-state index in [2.05, 4.69) is 22.0 Å². The second-order valence-electron chi connectivity index (χ2n) is 7.86. The summed E-state index contributed by atoms with van der Waals surface area (Å²) in [6.07, 6.45) is 4.31. The zero-order valence-electron chi connectivity index (χ0n) is 15.7. The average Bonchev–Trinajstić information content (AvgIpc) is 2.98. The minimum absolute atomic E-state index is 0.0367. The van der Waals surface area contributed by atoms with E-state index in [-0.39, 0.29) is 17.1 Å². The van der Waals surface area contributed by atoms with Crippen molar-refractivity contribution in [1.82, 2.24) is 9.88 Å². The Hall–Kier alpha value is -2.69. The van der Waals surface area contributed by atoms with E-state index in [9.17, 15) is 9.59 Å². The van der Waals surface area contributed by atoms with Crippen LogP contribution in [0.25, 0.3) is 0 Å². The monoisotopic (exact) mass is 363 g/mol. The molecule has 4 rings (SSSR count). The van der Waals surface area contributed by atoms with Gasteiger partial charge in [0.15, 0.2) is 5.78 Å². The Labute approximate surface area is 160 Å². The van der Waals surface area contributed by atoms with E-state index in [1.807, 2.05) is 35.2 Å². The molecule has 1 amide bonds. The molecular formula is C22H25N3O2. The quantitative estimate of drug-likeness (QED) is 0.782. The molecule has 140 valence electrons. The minimum Gasteiger partial charge on any atom is -0.357 e. The molecule has 2 aliphatic heterocycles. The Morgan fingerprint density at radius 3 is 2.48 bits per heavy atom. The van der Waals surface area contributed by atoms with Crippen molar-refractivity contribution < 1.29 is 9.59 Å². The third-order valence-electron chi connectivity index (χ3n) is 5.92. The van der Waals surface area contributed by atoms with Gasteiger partial charge in [-0.15, -0.1) is 0 Å². The van der Waals surface area contributed by atoms with Crippen molar-refractivity contribution in [2.45, 2.75) is 32.7 Å². The summed E-state index contributed by atoms with van der Waals surface area (Å²) >= 11 is 0. The fourth-order valence-electron chi connectivity index (χ4n) is 4.26. The van der Waals surface area contributed by atoms with Crippen molar-refractivity contribution in [1.29, 1.82) is 0 Å². The molecule has 1 aromatic heterocycles. The summed E-state index contributed by atoms with van der Waals surface area (Å²) in [4.78, 5) is 32.7. The molecule has 1 aromatic carbocycles. The first-order chi connectivity index (χ1) is 13.0. The first-order valence-electron chi connectivity index (χ1n) is 9.58. The molecule has 3 heterocycles. The van der Waals surface area contributed by atoms with Crippen LogP contribution in [0.2, 0.25) is 0 Å². The first kappa shape index (κ1) is 17.7. The minimum atomic E-state index is 0.0367. The van der Waals surface area contributed by atoms with Crippen molar-refractivity contribution in [3.63, 3.8) is 0 Å². The van der Waals surface area contributed by atoms with E-state index >= 15 is 0 Å². The van der Waals surface area contributed by atoms with Crippen LogP contribution in [0.15, 0.2) is 48.7 Å².